The molecule has 2 aromatic rings. The van der Waals surface area contributed by atoms with Crippen molar-refractivity contribution in [2.75, 3.05) is 34.8 Å². The van der Waals surface area contributed by atoms with Crippen molar-refractivity contribution in [1.82, 2.24) is 10.2 Å². The summed E-state index contributed by atoms with van der Waals surface area (Å²) in [5.41, 5.74) is 7.55. The summed E-state index contributed by atoms with van der Waals surface area (Å²) in [5, 5.41) is 10.9. The van der Waals surface area contributed by atoms with E-state index in [9.17, 15) is 4.79 Å². The predicted octanol–water partition coefficient (Wildman–Crippen LogP) is 2.84. The molecule has 0 saturated carbocycles. The summed E-state index contributed by atoms with van der Waals surface area (Å²) in [5.74, 6) is 0.234. The van der Waals surface area contributed by atoms with Crippen molar-refractivity contribution < 1.29 is 4.79 Å². The second-order valence-corrected chi connectivity index (χ2v) is 7.57. The molecule has 3 rings (SSSR count). The molecular formula is C15H19N5OS2. The molecule has 1 amide bonds. The number of thioether (sulfide) groups is 1. The molecule has 0 unspecified atom stereocenters. The second-order valence-electron chi connectivity index (χ2n) is 5.34. The van der Waals surface area contributed by atoms with Gasteiger partial charge >= 0.3 is 0 Å². The van der Waals surface area contributed by atoms with Gasteiger partial charge < -0.3 is 16.0 Å². The molecule has 1 fully saturated rings. The van der Waals surface area contributed by atoms with Crippen molar-refractivity contribution in [3.8, 4) is 0 Å². The molecule has 2 heterocycles. The maximum Gasteiger partial charge on any atom is 0.234 e. The highest BCUT2D eigenvalue weighted by molar-refractivity contribution is 8.01. The van der Waals surface area contributed by atoms with Crippen molar-refractivity contribution in [1.29, 1.82) is 0 Å². The van der Waals surface area contributed by atoms with Crippen LogP contribution >= 0.6 is 23.1 Å². The van der Waals surface area contributed by atoms with Crippen LogP contribution in [0.25, 0.3) is 0 Å². The molecule has 122 valence electrons. The number of benzene rings is 1. The average molecular weight is 349 g/mol. The number of rotatable bonds is 5. The number of hydrogen-bond donors (Lipinski definition) is 2. The van der Waals surface area contributed by atoms with Gasteiger partial charge in [0.15, 0.2) is 4.34 Å². The average Bonchev–Trinajstić information content (AvgIpc) is 3.00. The van der Waals surface area contributed by atoms with E-state index in [-0.39, 0.29) is 5.91 Å². The van der Waals surface area contributed by atoms with Gasteiger partial charge in [-0.25, -0.2) is 0 Å². The first-order chi connectivity index (χ1) is 11.2. The van der Waals surface area contributed by atoms with Crippen molar-refractivity contribution in [2.24, 2.45) is 0 Å². The monoisotopic (exact) mass is 349 g/mol. The highest BCUT2D eigenvalue weighted by Gasteiger charge is 2.11. The van der Waals surface area contributed by atoms with E-state index in [1.807, 2.05) is 12.1 Å². The number of nitrogens with two attached hydrogens (primary N) is 1. The third-order valence-electron chi connectivity index (χ3n) is 3.62. The lowest BCUT2D eigenvalue weighted by molar-refractivity contribution is -0.113. The molecule has 1 aromatic carbocycles. The Balaban J connectivity index is 1.50. The zero-order chi connectivity index (χ0) is 16.1. The maximum absolute atomic E-state index is 12.0. The van der Waals surface area contributed by atoms with Crippen LogP contribution in [0, 0.1) is 0 Å². The van der Waals surface area contributed by atoms with E-state index in [2.05, 4.69) is 32.5 Å². The second kappa shape index (κ2) is 7.65. The van der Waals surface area contributed by atoms with E-state index in [4.69, 9.17) is 5.73 Å². The van der Waals surface area contributed by atoms with E-state index in [0.717, 1.165) is 18.8 Å². The van der Waals surface area contributed by atoms with Gasteiger partial charge in [0.1, 0.15) is 0 Å². The minimum atomic E-state index is -0.0607. The minimum absolute atomic E-state index is 0.0607. The summed E-state index contributed by atoms with van der Waals surface area (Å²) in [7, 11) is 0. The Morgan fingerprint density at radius 3 is 2.61 bits per heavy atom. The number of nitrogens with zero attached hydrogens (tertiary/aromatic N) is 3. The molecular weight excluding hydrogens is 330 g/mol. The zero-order valence-electron chi connectivity index (χ0n) is 12.7. The Kier molecular flexibility index (Phi) is 5.35. The van der Waals surface area contributed by atoms with Gasteiger partial charge in [-0.2, -0.15) is 0 Å². The van der Waals surface area contributed by atoms with Gasteiger partial charge in [0.2, 0.25) is 11.0 Å². The quantitative estimate of drug-likeness (QED) is 0.808. The maximum atomic E-state index is 12.0. The van der Waals surface area contributed by atoms with Crippen LogP contribution in [0.3, 0.4) is 0 Å². The number of carbonyl (C=O) groups excluding carboxylic acids is 1. The molecule has 0 atom stereocenters. The standard InChI is InChI=1S/C15H19N5OS2/c16-14-18-19-15(23-14)22-10-13(21)17-11-4-6-12(7-5-11)20-8-2-1-3-9-20/h4-7H,1-3,8-10H2,(H2,16,18)(H,17,21). The first kappa shape index (κ1) is 16.1. The summed E-state index contributed by atoms with van der Waals surface area (Å²) in [6, 6.07) is 8.05. The fourth-order valence-corrected chi connectivity index (χ4v) is 3.95. The first-order valence-electron chi connectivity index (χ1n) is 7.57. The van der Waals surface area contributed by atoms with Crippen molar-refractivity contribution in [2.45, 2.75) is 23.6 Å². The van der Waals surface area contributed by atoms with Gasteiger partial charge in [-0.3, -0.25) is 4.79 Å². The van der Waals surface area contributed by atoms with E-state index in [1.165, 1.54) is 48.0 Å². The number of carbonyl (C=O) groups is 1. The van der Waals surface area contributed by atoms with Crippen molar-refractivity contribution >= 4 is 45.5 Å². The molecule has 23 heavy (non-hydrogen) atoms. The topological polar surface area (TPSA) is 84.1 Å². The number of nitrogen functional groups attached to an aromatic ring is 1. The fraction of sp³-hybridized carbons (Fsp3) is 0.400. The van der Waals surface area contributed by atoms with Gasteiger partial charge in [-0.1, -0.05) is 23.1 Å². The lowest BCUT2D eigenvalue weighted by Gasteiger charge is -2.28. The SMILES string of the molecule is Nc1nnc(SCC(=O)Nc2ccc(N3CCCCC3)cc2)s1. The fourth-order valence-electron chi connectivity index (χ4n) is 2.51. The number of anilines is 3. The van der Waals surface area contributed by atoms with Gasteiger partial charge in [0, 0.05) is 24.5 Å². The highest BCUT2D eigenvalue weighted by Crippen LogP contribution is 2.24. The van der Waals surface area contributed by atoms with Crippen LogP contribution in [0.15, 0.2) is 28.6 Å². The van der Waals surface area contributed by atoms with Crippen LogP contribution in [-0.2, 0) is 4.79 Å². The third kappa shape index (κ3) is 4.59. The molecule has 1 aliphatic rings. The van der Waals surface area contributed by atoms with Gasteiger partial charge in [-0.15, -0.1) is 10.2 Å². The van der Waals surface area contributed by atoms with Crippen LogP contribution in [-0.4, -0.2) is 34.9 Å². The van der Waals surface area contributed by atoms with E-state index < -0.39 is 0 Å². The van der Waals surface area contributed by atoms with Crippen molar-refractivity contribution in [3.05, 3.63) is 24.3 Å². The highest BCUT2D eigenvalue weighted by atomic mass is 32.2. The van der Waals surface area contributed by atoms with Gasteiger partial charge in [-0.05, 0) is 43.5 Å². The lowest BCUT2D eigenvalue weighted by Crippen LogP contribution is -2.29. The molecule has 1 aromatic heterocycles. The Morgan fingerprint density at radius 2 is 1.96 bits per heavy atom. The van der Waals surface area contributed by atoms with Crippen LogP contribution in [0.5, 0.6) is 0 Å². The van der Waals surface area contributed by atoms with Crippen molar-refractivity contribution in [3.63, 3.8) is 0 Å². The normalized spacial score (nSPS) is 14.7. The van der Waals surface area contributed by atoms with Crippen LogP contribution in [0.2, 0.25) is 0 Å². The Morgan fingerprint density at radius 1 is 1.22 bits per heavy atom. The Labute approximate surface area is 143 Å². The van der Waals surface area contributed by atoms with Gasteiger partial charge in [0.25, 0.3) is 0 Å². The van der Waals surface area contributed by atoms with Crippen LogP contribution < -0.4 is 16.0 Å². The molecule has 8 heteroatoms. The summed E-state index contributed by atoms with van der Waals surface area (Å²) >= 11 is 2.63. The molecule has 0 aliphatic carbocycles. The number of hydrogen-bond acceptors (Lipinski definition) is 7. The lowest BCUT2D eigenvalue weighted by atomic mass is 10.1. The van der Waals surface area contributed by atoms with Gasteiger partial charge in [0.05, 0.1) is 5.75 Å². The minimum Gasteiger partial charge on any atom is -0.374 e. The summed E-state index contributed by atoms with van der Waals surface area (Å²) in [4.78, 5) is 14.4. The van der Waals surface area contributed by atoms with Crippen LogP contribution in [0.1, 0.15) is 19.3 Å². The number of nitrogens with one attached hydrogen (secondary N) is 1. The number of aromatic nitrogens is 2. The zero-order valence-corrected chi connectivity index (χ0v) is 14.3. The molecule has 0 spiro atoms. The summed E-state index contributed by atoms with van der Waals surface area (Å²) in [6.45, 7) is 2.24. The number of amides is 1. The predicted molar refractivity (Wildman–Crippen MR) is 96.2 cm³/mol. The molecule has 6 nitrogen and oxygen atoms in total. The smallest absolute Gasteiger partial charge is 0.234 e. The molecule has 1 saturated heterocycles. The number of piperidine rings is 1. The molecule has 0 radical (unpaired) electrons. The first-order valence-corrected chi connectivity index (χ1v) is 9.37. The molecule has 3 N–H and O–H groups in total. The Bertz CT molecular complexity index is 652. The molecule has 1 aliphatic heterocycles. The Hall–Kier alpha value is -1.80. The molecule has 0 bridgehead atoms. The third-order valence-corrected chi connectivity index (χ3v) is 5.51. The summed E-state index contributed by atoms with van der Waals surface area (Å²) < 4.78 is 0.707. The van der Waals surface area contributed by atoms with E-state index >= 15 is 0 Å². The largest absolute Gasteiger partial charge is 0.374 e. The summed E-state index contributed by atoms with van der Waals surface area (Å²) in [6.07, 6.45) is 3.83. The van der Waals surface area contributed by atoms with Crippen LogP contribution in [0.4, 0.5) is 16.5 Å². The van der Waals surface area contributed by atoms with E-state index in [0.29, 0.717) is 15.2 Å². The van der Waals surface area contributed by atoms with E-state index in [1.54, 1.807) is 0 Å².